The number of halogens is 1. The Bertz CT molecular complexity index is 1120. The molecule has 0 spiro atoms. The van der Waals surface area contributed by atoms with Crippen molar-refractivity contribution in [2.75, 3.05) is 13.0 Å². The number of hydrogen-bond donors (Lipinski definition) is 0. The summed E-state index contributed by atoms with van der Waals surface area (Å²) >= 11 is 6.17. The molecule has 0 aliphatic carbocycles. The average Bonchev–Trinajstić information content (AvgIpc) is 2.95. The molecule has 0 bridgehead atoms. The molecule has 9 heteroatoms. The van der Waals surface area contributed by atoms with Gasteiger partial charge in [-0.25, -0.2) is 14.4 Å². The number of benzene rings is 3. The third-order valence-electron chi connectivity index (χ3n) is 5.73. The maximum atomic E-state index is 13.1. The first-order chi connectivity index (χ1) is 18.0. The predicted octanol–water partition coefficient (Wildman–Crippen LogP) is 4.27. The van der Waals surface area contributed by atoms with Gasteiger partial charge in [0.2, 0.25) is 0 Å². The molecule has 0 amide bonds. The Morgan fingerprint density at radius 1 is 0.649 bits per heavy atom. The van der Waals surface area contributed by atoms with Crippen molar-refractivity contribution in [1.29, 1.82) is 0 Å². The molecular formula is C28H25ClO8. The second-order valence-electron chi connectivity index (χ2n) is 8.14. The minimum absolute atomic E-state index is 0.120. The van der Waals surface area contributed by atoms with Crippen molar-refractivity contribution in [3.05, 3.63) is 108 Å². The molecule has 1 saturated heterocycles. The molecule has 0 N–H and O–H groups in total. The van der Waals surface area contributed by atoms with E-state index in [9.17, 15) is 14.4 Å². The van der Waals surface area contributed by atoms with Gasteiger partial charge in [-0.3, -0.25) is 0 Å². The van der Waals surface area contributed by atoms with E-state index in [-0.39, 0.29) is 22.6 Å². The first-order valence-corrected chi connectivity index (χ1v) is 12.1. The van der Waals surface area contributed by atoms with Gasteiger partial charge < -0.3 is 23.7 Å². The summed E-state index contributed by atoms with van der Waals surface area (Å²) in [6.45, 7) is 0. The van der Waals surface area contributed by atoms with Crippen LogP contribution in [0.5, 0.6) is 0 Å². The number of ether oxygens (including phenoxy) is 5. The van der Waals surface area contributed by atoms with Crippen LogP contribution in [0.25, 0.3) is 0 Å². The standard InChI is InChI=1S/C28H25ClO8/c1-33-28-24(37-27(32)20-15-9-4-10-16-20)23(36-26(31)19-13-7-3-8-14-19)22(21(17-29)34-28)35-25(30)18-11-5-2-6-12-18/h2-16,21-24,28H,17H2,1H3. The molecule has 0 saturated carbocycles. The molecular weight excluding hydrogens is 500 g/mol. The summed E-state index contributed by atoms with van der Waals surface area (Å²) in [5.74, 6) is -2.22. The molecule has 5 unspecified atom stereocenters. The van der Waals surface area contributed by atoms with Gasteiger partial charge in [0.15, 0.2) is 24.6 Å². The van der Waals surface area contributed by atoms with E-state index in [1.165, 1.54) is 7.11 Å². The molecule has 4 rings (SSSR count). The lowest BCUT2D eigenvalue weighted by molar-refractivity contribution is -0.283. The zero-order valence-corrected chi connectivity index (χ0v) is 20.7. The summed E-state index contributed by atoms with van der Waals surface area (Å²) in [6, 6.07) is 24.8. The quantitative estimate of drug-likeness (QED) is 0.245. The molecule has 37 heavy (non-hydrogen) atoms. The van der Waals surface area contributed by atoms with Crippen LogP contribution in [-0.2, 0) is 23.7 Å². The molecule has 0 radical (unpaired) electrons. The first kappa shape index (κ1) is 26.3. The highest BCUT2D eigenvalue weighted by atomic mass is 35.5. The fourth-order valence-electron chi connectivity index (χ4n) is 3.89. The molecule has 3 aromatic carbocycles. The molecule has 5 atom stereocenters. The Morgan fingerprint density at radius 3 is 1.41 bits per heavy atom. The second-order valence-corrected chi connectivity index (χ2v) is 8.45. The maximum absolute atomic E-state index is 13.1. The molecule has 3 aromatic rings. The van der Waals surface area contributed by atoms with Crippen LogP contribution in [0, 0.1) is 0 Å². The molecule has 8 nitrogen and oxygen atoms in total. The summed E-state index contributed by atoms with van der Waals surface area (Å²) in [4.78, 5) is 39.0. The Hall–Kier alpha value is -3.72. The second kappa shape index (κ2) is 12.5. The van der Waals surface area contributed by atoms with Crippen LogP contribution in [0.1, 0.15) is 31.1 Å². The molecule has 192 valence electrons. The Labute approximate surface area is 219 Å². The normalized spacial score (nSPS) is 23.0. The zero-order valence-electron chi connectivity index (χ0n) is 19.9. The number of carbonyl (C=O) groups is 3. The predicted molar refractivity (Wildman–Crippen MR) is 133 cm³/mol. The lowest BCUT2D eigenvalue weighted by Gasteiger charge is -2.43. The maximum Gasteiger partial charge on any atom is 0.338 e. The van der Waals surface area contributed by atoms with Gasteiger partial charge in [-0.05, 0) is 36.4 Å². The van der Waals surface area contributed by atoms with Crippen molar-refractivity contribution in [1.82, 2.24) is 0 Å². The van der Waals surface area contributed by atoms with Gasteiger partial charge in [-0.2, -0.15) is 0 Å². The van der Waals surface area contributed by atoms with Crippen LogP contribution in [0.3, 0.4) is 0 Å². The fourth-order valence-corrected chi connectivity index (χ4v) is 4.14. The van der Waals surface area contributed by atoms with E-state index in [1.807, 2.05) is 0 Å². The Balaban J connectivity index is 1.69. The van der Waals surface area contributed by atoms with Crippen LogP contribution in [-0.4, -0.2) is 61.6 Å². The summed E-state index contributed by atoms with van der Waals surface area (Å²) in [5, 5.41) is 0. The highest BCUT2D eigenvalue weighted by molar-refractivity contribution is 6.18. The number of alkyl halides is 1. The van der Waals surface area contributed by atoms with Gasteiger partial charge in [0.25, 0.3) is 0 Å². The van der Waals surface area contributed by atoms with Crippen molar-refractivity contribution < 1.29 is 38.1 Å². The van der Waals surface area contributed by atoms with Gasteiger partial charge in [-0.1, -0.05) is 54.6 Å². The Morgan fingerprint density at radius 2 is 1.03 bits per heavy atom. The molecule has 1 fully saturated rings. The summed E-state index contributed by atoms with van der Waals surface area (Å²) in [5.41, 5.74) is 0.796. The zero-order chi connectivity index (χ0) is 26.2. The third-order valence-corrected chi connectivity index (χ3v) is 6.04. The van der Waals surface area contributed by atoms with Gasteiger partial charge in [0.1, 0.15) is 6.10 Å². The van der Waals surface area contributed by atoms with Gasteiger partial charge >= 0.3 is 17.9 Å². The van der Waals surface area contributed by atoms with Gasteiger partial charge in [0.05, 0.1) is 22.6 Å². The van der Waals surface area contributed by atoms with Crippen LogP contribution in [0.4, 0.5) is 0 Å². The smallest absolute Gasteiger partial charge is 0.338 e. The number of rotatable bonds is 8. The van der Waals surface area contributed by atoms with Crippen LogP contribution in [0.2, 0.25) is 0 Å². The minimum atomic E-state index is -1.30. The van der Waals surface area contributed by atoms with Crippen molar-refractivity contribution in [2.45, 2.75) is 30.7 Å². The van der Waals surface area contributed by atoms with Crippen LogP contribution in [0.15, 0.2) is 91.0 Å². The van der Waals surface area contributed by atoms with E-state index in [0.29, 0.717) is 0 Å². The lowest BCUT2D eigenvalue weighted by Crippen LogP contribution is -2.62. The molecule has 1 aliphatic rings. The van der Waals surface area contributed by atoms with Gasteiger partial charge in [0, 0.05) is 7.11 Å². The highest BCUT2D eigenvalue weighted by Crippen LogP contribution is 2.31. The largest absolute Gasteiger partial charge is 0.452 e. The van der Waals surface area contributed by atoms with Crippen molar-refractivity contribution in [3.8, 4) is 0 Å². The van der Waals surface area contributed by atoms with Gasteiger partial charge in [-0.15, -0.1) is 11.6 Å². The van der Waals surface area contributed by atoms with E-state index < -0.39 is 48.6 Å². The number of esters is 3. The van der Waals surface area contributed by atoms with Crippen LogP contribution < -0.4 is 0 Å². The van der Waals surface area contributed by atoms with E-state index in [1.54, 1.807) is 91.0 Å². The fraction of sp³-hybridized carbons (Fsp3) is 0.250. The molecule has 1 aliphatic heterocycles. The van der Waals surface area contributed by atoms with Crippen LogP contribution >= 0.6 is 11.6 Å². The van der Waals surface area contributed by atoms with Crippen molar-refractivity contribution in [2.24, 2.45) is 0 Å². The topological polar surface area (TPSA) is 97.4 Å². The van der Waals surface area contributed by atoms with E-state index >= 15 is 0 Å². The van der Waals surface area contributed by atoms with E-state index in [4.69, 9.17) is 35.3 Å². The monoisotopic (exact) mass is 524 g/mol. The van der Waals surface area contributed by atoms with Crippen molar-refractivity contribution in [3.63, 3.8) is 0 Å². The summed E-state index contributed by atoms with van der Waals surface area (Å²) in [7, 11) is 1.35. The van der Waals surface area contributed by atoms with E-state index in [0.717, 1.165) is 0 Å². The highest BCUT2D eigenvalue weighted by Gasteiger charge is 2.52. The first-order valence-electron chi connectivity index (χ1n) is 11.5. The number of methoxy groups -OCH3 is 1. The third kappa shape index (κ3) is 6.35. The summed E-state index contributed by atoms with van der Waals surface area (Å²) < 4.78 is 28.7. The minimum Gasteiger partial charge on any atom is -0.452 e. The molecule has 0 aromatic heterocycles. The number of carbonyl (C=O) groups excluding carboxylic acids is 3. The average molecular weight is 525 g/mol. The molecule has 1 heterocycles. The van der Waals surface area contributed by atoms with Crippen molar-refractivity contribution >= 4 is 29.5 Å². The summed E-state index contributed by atoms with van der Waals surface area (Å²) in [6.07, 6.45) is -5.87. The SMILES string of the molecule is COC1OC(CCl)C(OC(=O)c2ccccc2)C(OC(=O)c2ccccc2)C1OC(=O)c1ccccc1. The van der Waals surface area contributed by atoms with E-state index in [2.05, 4.69) is 0 Å². The lowest BCUT2D eigenvalue weighted by atomic mass is 9.98. The Kier molecular flexibility index (Phi) is 8.90. The number of hydrogen-bond acceptors (Lipinski definition) is 8.